The van der Waals surface area contributed by atoms with Crippen LogP contribution in [-0.2, 0) is 6.54 Å². The highest BCUT2D eigenvalue weighted by molar-refractivity contribution is 5.92. The second-order valence-corrected chi connectivity index (χ2v) is 4.29. The van der Waals surface area contributed by atoms with E-state index in [1.54, 1.807) is 12.1 Å². The Morgan fingerprint density at radius 2 is 2.25 bits per heavy atom. The molecular formula is C13H11N3O4. The summed E-state index contributed by atoms with van der Waals surface area (Å²) in [7, 11) is 0. The Balaban J connectivity index is 1.80. The van der Waals surface area contributed by atoms with E-state index in [4.69, 9.17) is 14.0 Å². The molecule has 0 aliphatic heterocycles. The van der Waals surface area contributed by atoms with Gasteiger partial charge in [0.1, 0.15) is 17.0 Å². The fourth-order valence-corrected chi connectivity index (χ4v) is 1.80. The maximum absolute atomic E-state index is 10.9. The van der Waals surface area contributed by atoms with Crippen molar-refractivity contribution in [3.8, 4) is 0 Å². The molecule has 102 valence electrons. The Bertz CT molecular complexity index is 775. The molecule has 7 heteroatoms. The van der Waals surface area contributed by atoms with Gasteiger partial charge in [0.2, 0.25) is 0 Å². The summed E-state index contributed by atoms with van der Waals surface area (Å²) in [6, 6.07) is 6.64. The molecule has 3 rings (SSSR count). The number of benzene rings is 1. The Hall–Kier alpha value is -2.83. The molecule has 2 heterocycles. The van der Waals surface area contributed by atoms with Crippen LogP contribution >= 0.6 is 0 Å². The molecule has 2 aromatic heterocycles. The van der Waals surface area contributed by atoms with Gasteiger partial charge in [-0.05, 0) is 25.1 Å². The molecule has 2 N–H and O–H groups in total. The number of nitrogens with one attached hydrogen (secondary N) is 1. The summed E-state index contributed by atoms with van der Waals surface area (Å²) >= 11 is 0. The SMILES string of the molecule is Cc1cc(CNc2nc3ccc(C(=O)O)cc3o2)no1. The van der Waals surface area contributed by atoms with E-state index in [-0.39, 0.29) is 5.56 Å². The van der Waals surface area contributed by atoms with Gasteiger partial charge >= 0.3 is 5.97 Å². The number of aromatic carboxylic acids is 1. The number of aryl methyl sites for hydroxylation is 1. The van der Waals surface area contributed by atoms with Gasteiger partial charge < -0.3 is 19.4 Å². The van der Waals surface area contributed by atoms with Crippen molar-refractivity contribution in [3.63, 3.8) is 0 Å². The number of carboxylic acids is 1. The number of aromatic nitrogens is 2. The van der Waals surface area contributed by atoms with E-state index in [0.717, 1.165) is 11.5 Å². The van der Waals surface area contributed by atoms with Crippen molar-refractivity contribution in [2.45, 2.75) is 13.5 Å². The summed E-state index contributed by atoms with van der Waals surface area (Å²) < 4.78 is 10.4. The van der Waals surface area contributed by atoms with Crippen molar-refractivity contribution < 1.29 is 18.8 Å². The molecule has 0 saturated carbocycles. The molecule has 1 aromatic carbocycles. The van der Waals surface area contributed by atoms with Gasteiger partial charge in [-0.2, -0.15) is 4.98 Å². The van der Waals surface area contributed by atoms with E-state index >= 15 is 0 Å². The molecule has 7 nitrogen and oxygen atoms in total. The fourth-order valence-electron chi connectivity index (χ4n) is 1.80. The van der Waals surface area contributed by atoms with Crippen LogP contribution in [-0.4, -0.2) is 21.2 Å². The number of hydrogen-bond acceptors (Lipinski definition) is 6. The predicted molar refractivity (Wildman–Crippen MR) is 69.5 cm³/mol. The average Bonchev–Trinajstić information content (AvgIpc) is 3.00. The average molecular weight is 273 g/mol. The summed E-state index contributed by atoms with van der Waals surface area (Å²) in [5, 5.41) is 15.7. The second-order valence-electron chi connectivity index (χ2n) is 4.29. The van der Waals surface area contributed by atoms with Gasteiger partial charge in [-0.25, -0.2) is 4.79 Å². The lowest BCUT2D eigenvalue weighted by atomic mass is 10.2. The topological polar surface area (TPSA) is 101 Å². The van der Waals surface area contributed by atoms with Crippen LogP contribution in [0.2, 0.25) is 0 Å². The van der Waals surface area contributed by atoms with Gasteiger partial charge in [0, 0.05) is 6.07 Å². The van der Waals surface area contributed by atoms with Crippen molar-refractivity contribution >= 4 is 23.1 Å². The molecule has 0 radical (unpaired) electrons. The van der Waals surface area contributed by atoms with E-state index in [2.05, 4.69) is 15.5 Å². The van der Waals surface area contributed by atoms with E-state index in [1.165, 1.54) is 12.1 Å². The summed E-state index contributed by atoms with van der Waals surface area (Å²) in [4.78, 5) is 15.1. The van der Waals surface area contributed by atoms with Crippen LogP contribution in [0.15, 0.2) is 33.2 Å². The van der Waals surface area contributed by atoms with Crippen LogP contribution in [0, 0.1) is 6.92 Å². The number of hydrogen-bond donors (Lipinski definition) is 2. The van der Waals surface area contributed by atoms with Crippen molar-refractivity contribution in [2.24, 2.45) is 0 Å². The standard InChI is InChI=1S/C13H11N3O4/c1-7-4-9(16-20-7)6-14-13-15-10-3-2-8(12(17)18)5-11(10)19-13/h2-5H,6H2,1H3,(H,14,15)(H,17,18). The molecule has 0 amide bonds. The third-order valence-electron chi connectivity index (χ3n) is 2.73. The van der Waals surface area contributed by atoms with Crippen molar-refractivity contribution in [3.05, 3.63) is 41.3 Å². The summed E-state index contributed by atoms with van der Waals surface area (Å²) in [5.74, 6) is -0.277. The Labute approximate surface area is 113 Å². The lowest BCUT2D eigenvalue weighted by Gasteiger charge is -1.95. The third kappa shape index (κ3) is 2.33. The summed E-state index contributed by atoms with van der Waals surface area (Å²) in [6.45, 7) is 2.22. The van der Waals surface area contributed by atoms with E-state index < -0.39 is 5.97 Å². The van der Waals surface area contributed by atoms with Crippen LogP contribution in [0.1, 0.15) is 21.8 Å². The van der Waals surface area contributed by atoms with Gasteiger partial charge in [-0.3, -0.25) is 0 Å². The van der Waals surface area contributed by atoms with Gasteiger partial charge in [-0.15, -0.1) is 0 Å². The largest absolute Gasteiger partial charge is 0.478 e. The number of nitrogens with zero attached hydrogens (tertiary/aromatic N) is 2. The Kier molecular flexibility index (Phi) is 2.86. The number of rotatable bonds is 4. The fraction of sp³-hybridized carbons (Fsp3) is 0.154. The van der Waals surface area contributed by atoms with Crippen LogP contribution in [0.4, 0.5) is 6.01 Å². The molecule has 0 aliphatic carbocycles. The quantitative estimate of drug-likeness (QED) is 0.752. The van der Waals surface area contributed by atoms with Crippen LogP contribution in [0.3, 0.4) is 0 Å². The van der Waals surface area contributed by atoms with Crippen molar-refractivity contribution in [2.75, 3.05) is 5.32 Å². The lowest BCUT2D eigenvalue weighted by Crippen LogP contribution is -1.99. The highest BCUT2D eigenvalue weighted by Gasteiger charge is 2.10. The first-order valence-corrected chi connectivity index (χ1v) is 5.92. The van der Waals surface area contributed by atoms with Crippen molar-refractivity contribution in [1.29, 1.82) is 0 Å². The minimum atomic E-state index is -1.00. The molecule has 0 fully saturated rings. The van der Waals surface area contributed by atoms with Gasteiger partial charge in [0.15, 0.2) is 5.58 Å². The van der Waals surface area contributed by atoms with E-state index in [9.17, 15) is 4.79 Å². The lowest BCUT2D eigenvalue weighted by molar-refractivity contribution is 0.0697. The maximum atomic E-state index is 10.9. The van der Waals surface area contributed by atoms with Gasteiger partial charge in [0.25, 0.3) is 6.01 Å². The zero-order valence-corrected chi connectivity index (χ0v) is 10.6. The third-order valence-corrected chi connectivity index (χ3v) is 2.73. The molecule has 20 heavy (non-hydrogen) atoms. The summed E-state index contributed by atoms with van der Waals surface area (Å²) in [6.07, 6.45) is 0. The summed E-state index contributed by atoms with van der Waals surface area (Å²) in [5.41, 5.74) is 1.90. The first-order valence-electron chi connectivity index (χ1n) is 5.92. The molecule has 0 unspecified atom stereocenters. The van der Waals surface area contributed by atoms with Crippen LogP contribution in [0.5, 0.6) is 0 Å². The number of carbonyl (C=O) groups is 1. The zero-order valence-electron chi connectivity index (χ0n) is 10.6. The first-order chi connectivity index (χ1) is 9.61. The minimum Gasteiger partial charge on any atom is -0.478 e. The Morgan fingerprint density at radius 1 is 1.40 bits per heavy atom. The molecular weight excluding hydrogens is 262 g/mol. The van der Waals surface area contributed by atoms with Crippen molar-refractivity contribution in [1.82, 2.24) is 10.1 Å². The van der Waals surface area contributed by atoms with Crippen LogP contribution < -0.4 is 5.32 Å². The number of carboxylic acid groups (broad SMARTS) is 1. The van der Waals surface area contributed by atoms with Gasteiger partial charge in [-0.1, -0.05) is 5.16 Å². The highest BCUT2D eigenvalue weighted by atomic mass is 16.5. The molecule has 3 aromatic rings. The number of anilines is 1. The molecule has 0 bridgehead atoms. The second kappa shape index (κ2) is 4.69. The van der Waals surface area contributed by atoms with Crippen LogP contribution in [0.25, 0.3) is 11.1 Å². The smallest absolute Gasteiger partial charge is 0.335 e. The molecule has 0 aliphatic rings. The number of oxazole rings is 1. The molecule has 0 atom stereocenters. The Morgan fingerprint density at radius 3 is 2.95 bits per heavy atom. The van der Waals surface area contributed by atoms with E-state index in [0.29, 0.717) is 23.7 Å². The first kappa shape index (κ1) is 12.2. The minimum absolute atomic E-state index is 0.160. The monoisotopic (exact) mass is 273 g/mol. The highest BCUT2D eigenvalue weighted by Crippen LogP contribution is 2.20. The van der Waals surface area contributed by atoms with Gasteiger partial charge in [0.05, 0.1) is 12.1 Å². The molecule has 0 spiro atoms. The maximum Gasteiger partial charge on any atom is 0.335 e. The predicted octanol–water partition coefficient (Wildman–Crippen LogP) is 2.43. The molecule has 0 saturated heterocycles. The normalized spacial score (nSPS) is 10.8. The van der Waals surface area contributed by atoms with E-state index in [1.807, 2.05) is 6.92 Å². The number of fused-ring (bicyclic) bond motifs is 1. The zero-order chi connectivity index (χ0) is 14.1.